The molecule has 1 aliphatic carbocycles. The van der Waals surface area contributed by atoms with Crippen LogP contribution < -0.4 is 10.1 Å². The van der Waals surface area contributed by atoms with Crippen molar-refractivity contribution < 1.29 is 4.74 Å². The third-order valence-electron chi connectivity index (χ3n) is 4.70. The third-order valence-corrected chi connectivity index (χ3v) is 5.01. The number of rotatable bonds is 5. The minimum absolute atomic E-state index is 0.378. The first-order valence-corrected chi connectivity index (χ1v) is 7.94. The van der Waals surface area contributed by atoms with E-state index in [2.05, 4.69) is 38.2 Å². The van der Waals surface area contributed by atoms with Crippen LogP contribution in [0.3, 0.4) is 0 Å². The molecule has 0 amide bonds. The summed E-state index contributed by atoms with van der Waals surface area (Å²) in [6.45, 7) is 7.93. The average molecular weight is 296 g/mol. The highest BCUT2D eigenvalue weighted by atomic mass is 35.5. The van der Waals surface area contributed by atoms with Gasteiger partial charge in [0.15, 0.2) is 0 Å². The zero-order valence-electron chi connectivity index (χ0n) is 13.0. The van der Waals surface area contributed by atoms with Gasteiger partial charge in [-0.05, 0) is 48.4 Å². The average Bonchev–Trinajstić information content (AvgIpc) is 2.76. The lowest BCUT2D eigenvalue weighted by molar-refractivity contribution is 0.199. The van der Waals surface area contributed by atoms with Crippen molar-refractivity contribution in [2.45, 2.75) is 46.1 Å². The van der Waals surface area contributed by atoms with Gasteiger partial charge < -0.3 is 10.1 Å². The summed E-state index contributed by atoms with van der Waals surface area (Å²) < 4.78 is 5.37. The van der Waals surface area contributed by atoms with Crippen LogP contribution in [0.25, 0.3) is 0 Å². The van der Waals surface area contributed by atoms with Crippen molar-refractivity contribution >= 4 is 11.6 Å². The van der Waals surface area contributed by atoms with E-state index in [9.17, 15) is 0 Å². The predicted octanol–water partition coefficient (Wildman–Crippen LogP) is 4.83. The van der Waals surface area contributed by atoms with Crippen molar-refractivity contribution in [3.63, 3.8) is 0 Å². The van der Waals surface area contributed by atoms with Crippen LogP contribution in [-0.4, -0.2) is 13.7 Å². The highest BCUT2D eigenvalue weighted by molar-refractivity contribution is 6.32. The van der Waals surface area contributed by atoms with Crippen molar-refractivity contribution in [2.75, 3.05) is 13.7 Å². The summed E-state index contributed by atoms with van der Waals surface area (Å²) in [5.41, 5.74) is 1.67. The van der Waals surface area contributed by atoms with Gasteiger partial charge >= 0.3 is 0 Å². The standard InChI is InChI=1S/C17H26ClNO/c1-5-19-16(13-7-6-10-17(13,2)3)12-8-9-14(18)15(11-12)20-4/h8-9,11,13,16,19H,5-7,10H2,1-4H3. The molecule has 1 aliphatic rings. The van der Waals surface area contributed by atoms with Crippen molar-refractivity contribution in [1.29, 1.82) is 0 Å². The van der Waals surface area contributed by atoms with Crippen molar-refractivity contribution in [3.8, 4) is 5.75 Å². The molecule has 2 nitrogen and oxygen atoms in total. The van der Waals surface area contributed by atoms with Crippen molar-refractivity contribution in [2.24, 2.45) is 11.3 Å². The van der Waals surface area contributed by atoms with Crippen LogP contribution in [-0.2, 0) is 0 Å². The SMILES string of the molecule is CCNC(c1ccc(Cl)c(OC)c1)C1CCCC1(C)C. The van der Waals surface area contributed by atoms with E-state index < -0.39 is 0 Å². The summed E-state index contributed by atoms with van der Waals surface area (Å²) in [5.74, 6) is 1.43. The van der Waals surface area contributed by atoms with Crippen LogP contribution >= 0.6 is 11.6 Å². The summed E-state index contributed by atoms with van der Waals surface area (Å²) >= 11 is 6.15. The monoisotopic (exact) mass is 295 g/mol. The lowest BCUT2D eigenvalue weighted by Gasteiger charge is -2.35. The smallest absolute Gasteiger partial charge is 0.137 e. The molecule has 0 radical (unpaired) electrons. The molecule has 0 aromatic heterocycles. The number of hydrogen-bond donors (Lipinski definition) is 1. The Bertz CT molecular complexity index is 458. The van der Waals surface area contributed by atoms with Crippen molar-refractivity contribution in [3.05, 3.63) is 28.8 Å². The normalized spacial score (nSPS) is 22.8. The Labute approximate surface area is 127 Å². The largest absolute Gasteiger partial charge is 0.495 e. The molecule has 1 saturated carbocycles. The van der Waals surface area contributed by atoms with Crippen molar-refractivity contribution in [1.82, 2.24) is 5.32 Å². The van der Waals surface area contributed by atoms with E-state index in [4.69, 9.17) is 16.3 Å². The third kappa shape index (κ3) is 3.12. The number of halogens is 1. The topological polar surface area (TPSA) is 21.3 Å². The lowest BCUT2D eigenvalue weighted by Crippen LogP contribution is -2.33. The molecule has 112 valence electrons. The number of methoxy groups -OCH3 is 1. The first-order valence-electron chi connectivity index (χ1n) is 7.56. The summed E-state index contributed by atoms with van der Waals surface area (Å²) in [7, 11) is 1.67. The van der Waals surface area contributed by atoms with Gasteiger partial charge in [-0.25, -0.2) is 0 Å². The van der Waals surface area contributed by atoms with Gasteiger partial charge in [-0.2, -0.15) is 0 Å². The zero-order valence-corrected chi connectivity index (χ0v) is 13.8. The van der Waals surface area contributed by atoms with E-state index in [0.29, 0.717) is 22.4 Å². The van der Waals surface area contributed by atoms with Crippen LogP contribution in [0, 0.1) is 11.3 Å². The molecule has 1 aromatic rings. The fourth-order valence-electron chi connectivity index (χ4n) is 3.55. The molecule has 2 atom stereocenters. The molecule has 0 heterocycles. The Morgan fingerprint density at radius 1 is 1.45 bits per heavy atom. The molecule has 0 saturated heterocycles. The molecular formula is C17H26ClNO. The maximum atomic E-state index is 6.15. The van der Waals surface area contributed by atoms with E-state index in [1.165, 1.54) is 24.8 Å². The fraction of sp³-hybridized carbons (Fsp3) is 0.647. The molecule has 0 bridgehead atoms. The van der Waals surface area contributed by atoms with Gasteiger partial charge in [0, 0.05) is 6.04 Å². The minimum atomic E-state index is 0.378. The zero-order chi connectivity index (χ0) is 14.8. The maximum absolute atomic E-state index is 6.15. The quantitative estimate of drug-likeness (QED) is 0.840. The Kier molecular flexibility index (Phi) is 4.98. The van der Waals surface area contributed by atoms with Crippen LogP contribution in [0.4, 0.5) is 0 Å². The van der Waals surface area contributed by atoms with Crippen LogP contribution in [0.2, 0.25) is 5.02 Å². The second-order valence-corrected chi connectivity index (χ2v) is 6.82. The molecule has 2 unspecified atom stereocenters. The Morgan fingerprint density at radius 2 is 2.20 bits per heavy atom. The lowest BCUT2D eigenvalue weighted by atomic mass is 9.75. The number of hydrogen-bond acceptors (Lipinski definition) is 2. The number of nitrogens with one attached hydrogen (secondary N) is 1. The van der Waals surface area contributed by atoms with Crippen LogP contribution in [0.5, 0.6) is 5.75 Å². The van der Waals surface area contributed by atoms with Gasteiger partial charge in [-0.15, -0.1) is 0 Å². The molecule has 20 heavy (non-hydrogen) atoms. The van der Waals surface area contributed by atoms with E-state index in [-0.39, 0.29) is 0 Å². The molecule has 1 N–H and O–H groups in total. The second-order valence-electron chi connectivity index (χ2n) is 6.42. The summed E-state index contributed by atoms with van der Waals surface area (Å²) in [6, 6.07) is 6.54. The molecular weight excluding hydrogens is 270 g/mol. The molecule has 0 aliphatic heterocycles. The van der Waals surface area contributed by atoms with Crippen LogP contribution in [0.15, 0.2) is 18.2 Å². The van der Waals surface area contributed by atoms with Gasteiger partial charge in [0.05, 0.1) is 12.1 Å². The molecule has 1 aromatic carbocycles. The molecule has 1 fully saturated rings. The second kappa shape index (κ2) is 6.36. The Balaban J connectivity index is 2.33. The summed E-state index contributed by atoms with van der Waals surface area (Å²) in [6.07, 6.45) is 3.92. The highest BCUT2D eigenvalue weighted by Crippen LogP contribution is 2.49. The Morgan fingerprint density at radius 3 is 2.75 bits per heavy atom. The Hall–Kier alpha value is -0.730. The molecule has 2 rings (SSSR count). The predicted molar refractivity (Wildman–Crippen MR) is 85.5 cm³/mol. The first-order chi connectivity index (χ1) is 9.49. The van der Waals surface area contributed by atoms with E-state index >= 15 is 0 Å². The first kappa shape index (κ1) is 15.7. The highest BCUT2D eigenvalue weighted by Gasteiger charge is 2.39. The molecule has 0 spiro atoms. The van der Waals surface area contributed by atoms with Gasteiger partial charge in [0.1, 0.15) is 5.75 Å². The van der Waals surface area contributed by atoms with E-state index in [1.807, 2.05) is 6.07 Å². The van der Waals surface area contributed by atoms with E-state index in [1.54, 1.807) is 7.11 Å². The van der Waals surface area contributed by atoms with E-state index in [0.717, 1.165) is 12.3 Å². The minimum Gasteiger partial charge on any atom is -0.495 e. The van der Waals surface area contributed by atoms with Gasteiger partial charge in [0.2, 0.25) is 0 Å². The van der Waals surface area contributed by atoms with Gasteiger partial charge in [-0.3, -0.25) is 0 Å². The summed E-state index contributed by atoms with van der Waals surface area (Å²) in [5, 5.41) is 4.35. The van der Waals surface area contributed by atoms with Crippen LogP contribution in [0.1, 0.15) is 51.6 Å². The molecule has 3 heteroatoms. The number of benzene rings is 1. The number of ether oxygens (including phenoxy) is 1. The maximum Gasteiger partial charge on any atom is 0.137 e. The summed E-state index contributed by atoms with van der Waals surface area (Å²) in [4.78, 5) is 0. The fourth-order valence-corrected chi connectivity index (χ4v) is 3.75. The van der Waals surface area contributed by atoms with Gasteiger partial charge in [0.25, 0.3) is 0 Å². The van der Waals surface area contributed by atoms with Gasteiger partial charge in [-0.1, -0.05) is 44.9 Å².